The van der Waals surface area contributed by atoms with Crippen molar-refractivity contribution in [2.24, 2.45) is 0 Å². The highest BCUT2D eigenvalue weighted by atomic mass is 16.5. The van der Waals surface area contributed by atoms with Gasteiger partial charge < -0.3 is 4.74 Å². The van der Waals surface area contributed by atoms with E-state index in [2.05, 4.69) is 11.9 Å². The molecule has 1 heterocycles. The minimum absolute atomic E-state index is 0.0249. The number of hydrogen-bond acceptors (Lipinski definition) is 3. The molecule has 3 nitrogen and oxygen atoms in total. The Hall–Kier alpha value is -1.38. The van der Waals surface area contributed by atoms with Crippen molar-refractivity contribution in [2.75, 3.05) is 0 Å². The third kappa shape index (κ3) is 3.70. The zero-order chi connectivity index (χ0) is 11.3. The van der Waals surface area contributed by atoms with Crippen molar-refractivity contribution in [1.82, 2.24) is 4.98 Å². The Morgan fingerprint density at radius 2 is 2.27 bits per heavy atom. The Balaban J connectivity index is 2.60. The second kappa shape index (κ2) is 5.49. The van der Waals surface area contributed by atoms with E-state index in [0.717, 1.165) is 18.6 Å². The number of carbonyl (C=O) groups excluding carboxylic acids is 1. The zero-order valence-corrected chi connectivity index (χ0v) is 9.49. The summed E-state index contributed by atoms with van der Waals surface area (Å²) in [5.41, 5.74) is 0.477. The van der Waals surface area contributed by atoms with E-state index < -0.39 is 0 Å². The van der Waals surface area contributed by atoms with Crippen molar-refractivity contribution in [3.8, 4) is 5.75 Å². The molecule has 0 aliphatic carbocycles. The fourth-order valence-electron chi connectivity index (χ4n) is 1.36. The van der Waals surface area contributed by atoms with Crippen LogP contribution in [0.3, 0.4) is 0 Å². The molecule has 0 aromatic carbocycles. The van der Waals surface area contributed by atoms with Gasteiger partial charge >= 0.3 is 0 Å². The summed E-state index contributed by atoms with van der Waals surface area (Å²) < 4.78 is 5.62. The van der Waals surface area contributed by atoms with E-state index in [1.165, 1.54) is 6.92 Å². The summed E-state index contributed by atoms with van der Waals surface area (Å²) in [4.78, 5) is 15.0. The predicted octanol–water partition coefficient (Wildman–Crippen LogP) is 2.85. The molecular weight excluding hydrogens is 190 g/mol. The average molecular weight is 207 g/mol. The molecule has 1 atom stereocenters. The van der Waals surface area contributed by atoms with E-state index in [9.17, 15) is 4.79 Å². The van der Waals surface area contributed by atoms with Gasteiger partial charge in [-0.3, -0.25) is 4.79 Å². The van der Waals surface area contributed by atoms with E-state index in [1.807, 2.05) is 6.92 Å². The highest BCUT2D eigenvalue weighted by molar-refractivity contribution is 5.92. The monoisotopic (exact) mass is 207 g/mol. The van der Waals surface area contributed by atoms with Crippen molar-refractivity contribution in [1.29, 1.82) is 0 Å². The lowest BCUT2D eigenvalue weighted by Crippen LogP contribution is -2.11. The molecule has 0 aliphatic heterocycles. The standard InChI is InChI=1S/C12H17NO2/c1-4-5-9(2)15-11-6-7-12(10(3)14)13-8-11/h6-9H,4-5H2,1-3H3. The van der Waals surface area contributed by atoms with Crippen molar-refractivity contribution >= 4 is 5.78 Å². The zero-order valence-electron chi connectivity index (χ0n) is 9.49. The molecule has 0 saturated carbocycles. The number of Topliss-reactive ketones (excluding diaryl/α,β-unsaturated/α-hetero) is 1. The Bertz CT molecular complexity index is 319. The van der Waals surface area contributed by atoms with Gasteiger partial charge in [0.05, 0.1) is 12.3 Å². The second-order valence-electron chi connectivity index (χ2n) is 3.65. The van der Waals surface area contributed by atoms with Gasteiger partial charge in [0.1, 0.15) is 11.4 Å². The summed E-state index contributed by atoms with van der Waals surface area (Å²) in [6.07, 6.45) is 3.91. The maximum absolute atomic E-state index is 11.0. The first-order valence-electron chi connectivity index (χ1n) is 5.27. The first kappa shape index (κ1) is 11.7. The van der Waals surface area contributed by atoms with Crippen LogP contribution in [0, 0.1) is 0 Å². The number of nitrogens with zero attached hydrogens (tertiary/aromatic N) is 1. The van der Waals surface area contributed by atoms with Crippen LogP contribution in [-0.4, -0.2) is 16.9 Å². The maximum atomic E-state index is 11.0. The molecule has 0 fully saturated rings. The van der Waals surface area contributed by atoms with Gasteiger partial charge in [-0.25, -0.2) is 4.98 Å². The molecule has 0 aliphatic rings. The molecular formula is C12H17NO2. The molecule has 1 rings (SSSR count). The van der Waals surface area contributed by atoms with Gasteiger partial charge in [0.25, 0.3) is 0 Å². The minimum atomic E-state index is -0.0249. The van der Waals surface area contributed by atoms with Crippen LogP contribution in [0.25, 0.3) is 0 Å². The number of ether oxygens (including phenoxy) is 1. The van der Waals surface area contributed by atoms with Gasteiger partial charge in [0, 0.05) is 6.92 Å². The minimum Gasteiger partial charge on any atom is -0.489 e. The van der Waals surface area contributed by atoms with Crippen LogP contribution in [0.1, 0.15) is 44.1 Å². The first-order valence-corrected chi connectivity index (χ1v) is 5.27. The van der Waals surface area contributed by atoms with Crippen molar-refractivity contribution in [3.05, 3.63) is 24.0 Å². The number of rotatable bonds is 5. The molecule has 1 aromatic rings. The fourth-order valence-corrected chi connectivity index (χ4v) is 1.36. The van der Waals surface area contributed by atoms with Crippen LogP contribution >= 0.6 is 0 Å². The van der Waals surface area contributed by atoms with Crippen molar-refractivity contribution < 1.29 is 9.53 Å². The van der Waals surface area contributed by atoms with Crippen LogP contribution in [0.4, 0.5) is 0 Å². The van der Waals surface area contributed by atoms with E-state index in [1.54, 1.807) is 18.3 Å². The largest absolute Gasteiger partial charge is 0.489 e. The molecule has 0 amide bonds. The summed E-state index contributed by atoms with van der Waals surface area (Å²) in [5.74, 6) is 0.698. The summed E-state index contributed by atoms with van der Waals surface area (Å²) >= 11 is 0. The number of pyridine rings is 1. The average Bonchev–Trinajstić information content (AvgIpc) is 2.18. The van der Waals surface area contributed by atoms with E-state index >= 15 is 0 Å². The summed E-state index contributed by atoms with van der Waals surface area (Å²) in [7, 11) is 0. The van der Waals surface area contributed by atoms with Gasteiger partial charge in [-0.2, -0.15) is 0 Å². The lowest BCUT2D eigenvalue weighted by atomic mass is 10.2. The fraction of sp³-hybridized carbons (Fsp3) is 0.500. The van der Waals surface area contributed by atoms with Gasteiger partial charge in [-0.15, -0.1) is 0 Å². The molecule has 82 valence electrons. The molecule has 0 saturated heterocycles. The van der Waals surface area contributed by atoms with Crippen LogP contribution in [-0.2, 0) is 0 Å². The topological polar surface area (TPSA) is 39.2 Å². The van der Waals surface area contributed by atoms with Crippen LogP contribution in [0.15, 0.2) is 18.3 Å². The Labute approximate surface area is 90.5 Å². The Morgan fingerprint density at radius 1 is 1.53 bits per heavy atom. The van der Waals surface area contributed by atoms with Crippen LogP contribution in [0.2, 0.25) is 0 Å². The van der Waals surface area contributed by atoms with Crippen LogP contribution in [0.5, 0.6) is 5.75 Å². The smallest absolute Gasteiger partial charge is 0.178 e. The molecule has 1 unspecified atom stereocenters. The molecule has 3 heteroatoms. The normalized spacial score (nSPS) is 12.2. The predicted molar refractivity (Wildman–Crippen MR) is 59.2 cm³/mol. The lowest BCUT2D eigenvalue weighted by Gasteiger charge is -2.13. The maximum Gasteiger partial charge on any atom is 0.178 e. The molecule has 15 heavy (non-hydrogen) atoms. The molecule has 0 spiro atoms. The molecule has 0 radical (unpaired) electrons. The SMILES string of the molecule is CCCC(C)Oc1ccc(C(C)=O)nc1. The van der Waals surface area contributed by atoms with E-state index in [4.69, 9.17) is 4.74 Å². The molecule has 0 N–H and O–H groups in total. The summed E-state index contributed by atoms with van der Waals surface area (Å²) in [6.45, 7) is 5.65. The van der Waals surface area contributed by atoms with Crippen molar-refractivity contribution in [3.63, 3.8) is 0 Å². The summed E-state index contributed by atoms with van der Waals surface area (Å²) in [6, 6.07) is 3.48. The summed E-state index contributed by atoms with van der Waals surface area (Å²) in [5, 5.41) is 0. The molecule has 1 aromatic heterocycles. The molecule has 0 bridgehead atoms. The lowest BCUT2D eigenvalue weighted by molar-refractivity contribution is 0.101. The van der Waals surface area contributed by atoms with Gasteiger partial charge in [-0.05, 0) is 25.5 Å². The Kier molecular flexibility index (Phi) is 4.28. The van der Waals surface area contributed by atoms with Gasteiger partial charge in [0.15, 0.2) is 5.78 Å². The van der Waals surface area contributed by atoms with Gasteiger partial charge in [0.2, 0.25) is 0 Å². The number of aromatic nitrogens is 1. The Morgan fingerprint density at radius 3 is 2.73 bits per heavy atom. The van der Waals surface area contributed by atoms with Gasteiger partial charge in [-0.1, -0.05) is 13.3 Å². The highest BCUT2D eigenvalue weighted by Gasteiger charge is 2.04. The highest BCUT2D eigenvalue weighted by Crippen LogP contribution is 2.13. The van der Waals surface area contributed by atoms with E-state index in [-0.39, 0.29) is 11.9 Å². The quantitative estimate of drug-likeness (QED) is 0.697. The van der Waals surface area contributed by atoms with Crippen molar-refractivity contribution in [2.45, 2.75) is 39.7 Å². The third-order valence-electron chi connectivity index (χ3n) is 2.13. The van der Waals surface area contributed by atoms with E-state index in [0.29, 0.717) is 5.69 Å². The first-order chi connectivity index (χ1) is 7.13. The third-order valence-corrected chi connectivity index (χ3v) is 2.13. The number of hydrogen-bond donors (Lipinski definition) is 0. The number of carbonyl (C=O) groups is 1. The number of ketones is 1. The second-order valence-corrected chi connectivity index (χ2v) is 3.65. The van der Waals surface area contributed by atoms with Crippen LogP contribution < -0.4 is 4.74 Å².